The summed E-state index contributed by atoms with van der Waals surface area (Å²) >= 11 is 0. The Kier molecular flexibility index (Phi) is 4.95. The molecule has 0 heterocycles. The molecular weight excluding hydrogens is 106 g/mol. The van der Waals surface area contributed by atoms with E-state index < -0.39 is 0 Å². The fraction of sp³-hybridized carbons (Fsp3) is 1.00. The second-order valence-electron chi connectivity index (χ2n) is 1.67. The molecule has 0 amide bonds. The summed E-state index contributed by atoms with van der Waals surface area (Å²) in [5.41, 5.74) is 5.42. The van der Waals surface area contributed by atoms with Crippen LogP contribution in [0.2, 0.25) is 0 Å². The van der Waals surface area contributed by atoms with Crippen molar-refractivity contribution in [3.63, 3.8) is 0 Å². The highest BCUT2D eigenvalue weighted by molar-refractivity contribution is 4.53. The molecule has 3 heteroatoms. The average Bonchev–Trinajstić information content (AvgIpc) is 1.83. The van der Waals surface area contributed by atoms with Crippen LogP contribution in [-0.4, -0.2) is 24.5 Å². The summed E-state index contributed by atoms with van der Waals surface area (Å²) in [6.07, 6.45) is 0.889. The van der Waals surface area contributed by atoms with Crippen molar-refractivity contribution in [2.24, 2.45) is 5.73 Å². The molecule has 0 spiro atoms. The zero-order chi connectivity index (χ0) is 6.41. The third kappa shape index (κ3) is 4.05. The molecule has 1 atom stereocenters. The molecule has 0 aromatic rings. The quantitative estimate of drug-likeness (QED) is 0.499. The third-order valence-corrected chi connectivity index (χ3v) is 0.948. The molecule has 0 aromatic carbocycles. The molecule has 0 saturated carbocycles. The van der Waals surface area contributed by atoms with E-state index in [4.69, 9.17) is 10.8 Å². The predicted molar refractivity (Wildman–Crippen MR) is 31.3 cm³/mol. The van der Waals surface area contributed by atoms with E-state index in [1.165, 1.54) is 0 Å². The average molecular weight is 119 g/mol. The Bertz CT molecular complexity index is 49.7. The fourth-order valence-electron chi connectivity index (χ4n) is 0.322. The fourth-order valence-corrected chi connectivity index (χ4v) is 0.322. The smallest absolute Gasteiger partial charge is 0.143 e. The molecule has 8 heavy (non-hydrogen) atoms. The zero-order valence-corrected chi connectivity index (χ0v) is 5.13. The lowest BCUT2D eigenvalue weighted by Gasteiger charge is -2.05. The second kappa shape index (κ2) is 5.03. The van der Waals surface area contributed by atoms with E-state index in [2.05, 4.69) is 4.74 Å². The summed E-state index contributed by atoms with van der Waals surface area (Å²) in [5, 5.41) is 8.13. The Morgan fingerprint density at radius 2 is 2.38 bits per heavy atom. The second-order valence-corrected chi connectivity index (χ2v) is 1.67. The molecular formula is C5H13NO2. The molecule has 0 aliphatic rings. The van der Waals surface area contributed by atoms with E-state index in [1.807, 2.05) is 6.92 Å². The highest BCUT2D eigenvalue weighted by Crippen LogP contribution is 1.84. The summed E-state index contributed by atoms with van der Waals surface area (Å²) < 4.78 is 4.62. The van der Waals surface area contributed by atoms with Crippen molar-refractivity contribution in [3.05, 3.63) is 0 Å². The van der Waals surface area contributed by atoms with E-state index >= 15 is 0 Å². The van der Waals surface area contributed by atoms with E-state index in [-0.39, 0.29) is 12.8 Å². The number of hydrogen-bond donors (Lipinski definition) is 2. The monoisotopic (exact) mass is 119 g/mol. The third-order valence-electron chi connectivity index (χ3n) is 0.948. The van der Waals surface area contributed by atoms with Gasteiger partial charge in [0.1, 0.15) is 6.79 Å². The first-order valence-electron chi connectivity index (χ1n) is 2.75. The van der Waals surface area contributed by atoms with Crippen LogP contribution in [-0.2, 0) is 4.74 Å². The van der Waals surface area contributed by atoms with Crippen molar-refractivity contribution in [1.82, 2.24) is 0 Å². The van der Waals surface area contributed by atoms with Crippen molar-refractivity contribution in [1.29, 1.82) is 0 Å². The van der Waals surface area contributed by atoms with E-state index in [0.29, 0.717) is 6.61 Å². The summed E-state index contributed by atoms with van der Waals surface area (Å²) in [7, 11) is 0. The van der Waals surface area contributed by atoms with Gasteiger partial charge in [-0.15, -0.1) is 0 Å². The number of aliphatic hydroxyl groups excluding tert-OH is 1. The van der Waals surface area contributed by atoms with Gasteiger partial charge in [-0.25, -0.2) is 0 Å². The van der Waals surface area contributed by atoms with Crippen LogP contribution in [0.4, 0.5) is 0 Å². The normalized spacial score (nSPS) is 13.9. The van der Waals surface area contributed by atoms with Gasteiger partial charge in [0.05, 0.1) is 6.61 Å². The molecule has 50 valence electrons. The Morgan fingerprint density at radius 3 is 2.75 bits per heavy atom. The molecule has 0 unspecified atom stereocenters. The lowest BCUT2D eigenvalue weighted by atomic mass is 10.3. The minimum atomic E-state index is -0.228. The molecule has 0 bridgehead atoms. The largest absolute Gasteiger partial charge is 0.371 e. The number of nitrogens with two attached hydrogens (primary N) is 1. The molecule has 0 rings (SSSR count). The van der Waals surface area contributed by atoms with Crippen molar-refractivity contribution in [2.75, 3.05) is 13.4 Å². The lowest BCUT2D eigenvalue weighted by Crippen LogP contribution is -2.25. The van der Waals surface area contributed by atoms with Crippen molar-refractivity contribution in [3.8, 4) is 0 Å². The molecule has 0 aliphatic heterocycles. The van der Waals surface area contributed by atoms with Crippen LogP contribution in [0.5, 0.6) is 0 Å². The van der Waals surface area contributed by atoms with Crippen LogP contribution in [0, 0.1) is 0 Å². The first-order valence-corrected chi connectivity index (χ1v) is 2.75. The minimum Gasteiger partial charge on any atom is -0.371 e. The van der Waals surface area contributed by atoms with Crippen LogP contribution in [0.25, 0.3) is 0 Å². The van der Waals surface area contributed by atoms with Gasteiger partial charge >= 0.3 is 0 Å². The van der Waals surface area contributed by atoms with Gasteiger partial charge in [0.25, 0.3) is 0 Å². The van der Waals surface area contributed by atoms with E-state index in [0.717, 1.165) is 6.42 Å². The lowest BCUT2D eigenvalue weighted by molar-refractivity contribution is -0.00739. The maximum atomic E-state index is 8.13. The van der Waals surface area contributed by atoms with Crippen LogP contribution < -0.4 is 5.73 Å². The van der Waals surface area contributed by atoms with Crippen molar-refractivity contribution in [2.45, 2.75) is 19.4 Å². The number of aliphatic hydroxyl groups is 1. The first-order chi connectivity index (χ1) is 3.81. The van der Waals surface area contributed by atoms with Crippen LogP contribution in [0.1, 0.15) is 13.3 Å². The van der Waals surface area contributed by atoms with E-state index in [1.54, 1.807) is 0 Å². The predicted octanol–water partition coefficient (Wildman–Crippen LogP) is -0.310. The summed E-state index contributed by atoms with van der Waals surface area (Å²) in [6.45, 7) is 2.20. The molecule has 0 radical (unpaired) electrons. The Labute approximate surface area is 49.4 Å². The minimum absolute atomic E-state index is 0.0714. The van der Waals surface area contributed by atoms with Gasteiger partial charge in [-0.3, -0.25) is 0 Å². The first kappa shape index (κ1) is 7.88. The number of rotatable bonds is 4. The highest BCUT2D eigenvalue weighted by Gasteiger charge is 1.95. The molecule has 0 aromatic heterocycles. The summed E-state index contributed by atoms with van der Waals surface area (Å²) in [6, 6.07) is 0.0714. The maximum Gasteiger partial charge on any atom is 0.143 e. The van der Waals surface area contributed by atoms with Gasteiger partial charge in [0.2, 0.25) is 0 Å². The standard InChI is InChI=1S/C5H13NO2/c1-2-5(6)3-8-4-7/h5,7H,2-4,6H2,1H3/t5-/m0/s1. The Morgan fingerprint density at radius 1 is 1.75 bits per heavy atom. The van der Waals surface area contributed by atoms with Gasteiger partial charge < -0.3 is 15.6 Å². The Hall–Kier alpha value is -0.120. The van der Waals surface area contributed by atoms with Gasteiger partial charge in [-0.05, 0) is 6.42 Å². The van der Waals surface area contributed by atoms with Gasteiger partial charge in [-0.1, -0.05) is 6.92 Å². The van der Waals surface area contributed by atoms with Crippen LogP contribution >= 0.6 is 0 Å². The summed E-state index contributed by atoms with van der Waals surface area (Å²) in [5.74, 6) is 0. The van der Waals surface area contributed by atoms with Crippen molar-refractivity contribution >= 4 is 0 Å². The molecule has 0 aliphatic carbocycles. The van der Waals surface area contributed by atoms with Gasteiger partial charge in [0.15, 0.2) is 0 Å². The number of hydrogen-bond acceptors (Lipinski definition) is 3. The van der Waals surface area contributed by atoms with Gasteiger partial charge in [0, 0.05) is 6.04 Å². The van der Waals surface area contributed by atoms with Crippen molar-refractivity contribution < 1.29 is 9.84 Å². The highest BCUT2D eigenvalue weighted by atomic mass is 16.6. The Balaban J connectivity index is 2.86. The summed E-state index contributed by atoms with van der Waals surface area (Å²) in [4.78, 5) is 0. The number of ether oxygens (including phenoxy) is 1. The molecule has 3 N–H and O–H groups in total. The van der Waals surface area contributed by atoms with Crippen LogP contribution in [0.3, 0.4) is 0 Å². The van der Waals surface area contributed by atoms with Gasteiger partial charge in [-0.2, -0.15) is 0 Å². The maximum absolute atomic E-state index is 8.13. The topological polar surface area (TPSA) is 55.5 Å². The molecule has 3 nitrogen and oxygen atoms in total. The SMILES string of the molecule is CC[C@H](N)COCO. The molecule has 0 fully saturated rings. The van der Waals surface area contributed by atoms with Crippen LogP contribution in [0.15, 0.2) is 0 Å². The zero-order valence-electron chi connectivity index (χ0n) is 5.13. The molecule has 0 saturated heterocycles. The van der Waals surface area contributed by atoms with E-state index in [9.17, 15) is 0 Å².